The molecule has 3 rings (SSSR count). The Morgan fingerprint density at radius 3 is 2.76 bits per heavy atom. The van der Waals surface area contributed by atoms with Gasteiger partial charge in [0.05, 0.1) is 11.4 Å². The maximum atomic E-state index is 12.4. The van der Waals surface area contributed by atoms with E-state index in [0.29, 0.717) is 6.42 Å². The van der Waals surface area contributed by atoms with E-state index < -0.39 is 0 Å². The molecule has 0 spiro atoms. The highest BCUT2D eigenvalue weighted by molar-refractivity contribution is 5.76. The second-order valence-corrected chi connectivity index (χ2v) is 7.19. The molecule has 0 saturated carbocycles. The summed E-state index contributed by atoms with van der Waals surface area (Å²) in [6.45, 7) is 9.78. The van der Waals surface area contributed by atoms with Crippen molar-refractivity contribution in [2.24, 2.45) is 0 Å². The van der Waals surface area contributed by atoms with Crippen molar-refractivity contribution in [3.63, 3.8) is 0 Å². The van der Waals surface area contributed by atoms with Crippen LogP contribution < -0.4 is 0 Å². The second-order valence-electron chi connectivity index (χ2n) is 7.19. The Hall–Kier alpha value is -1.66. The van der Waals surface area contributed by atoms with Crippen LogP contribution in [-0.2, 0) is 24.3 Å². The molecule has 0 unspecified atom stereocenters. The minimum absolute atomic E-state index is 0.269. The fraction of sp³-hybridized carbons (Fsp3) is 0.684. The zero-order valence-corrected chi connectivity index (χ0v) is 15.7. The summed E-state index contributed by atoms with van der Waals surface area (Å²) in [5.41, 5.74) is 2.34. The number of hydrogen-bond acceptors (Lipinski definition) is 4. The van der Waals surface area contributed by atoms with E-state index in [4.69, 9.17) is 5.10 Å². The first-order chi connectivity index (χ1) is 12.2. The van der Waals surface area contributed by atoms with Crippen LogP contribution in [0.25, 0.3) is 0 Å². The predicted octanol–water partition coefficient (Wildman–Crippen LogP) is 1.37. The van der Waals surface area contributed by atoms with Crippen LogP contribution in [0, 0.1) is 0 Å². The average Bonchev–Trinajstić information content (AvgIpc) is 2.89. The van der Waals surface area contributed by atoms with E-state index in [1.807, 2.05) is 4.90 Å². The van der Waals surface area contributed by atoms with Gasteiger partial charge in [0.25, 0.3) is 0 Å². The first-order valence-corrected chi connectivity index (χ1v) is 9.51. The summed E-state index contributed by atoms with van der Waals surface area (Å²) in [7, 11) is 2.11. The number of allylic oxidation sites excluding steroid dienone is 1. The fourth-order valence-electron chi connectivity index (χ4n) is 3.57. The molecular weight excluding hydrogens is 314 g/mol. The Bertz CT molecular complexity index is 601. The molecule has 0 aliphatic carbocycles. The van der Waals surface area contributed by atoms with Crippen molar-refractivity contribution >= 4 is 5.91 Å². The van der Waals surface area contributed by atoms with Crippen LogP contribution >= 0.6 is 0 Å². The fourth-order valence-corrected chi connectivity index (χ4v) is 3.57. The molecule has 1 aromatic rings. The molecular formula is C19H31N5O. The third kappa shape index (κ3) is 4.92. The number of carbonyl (C=O) groups is 1. The van der Waals surface area contributed by atoms with Crippen LogP contribution in [0.1, 0.15) is 31.2 Å². The topological polar surface area (TPSA) is 44.6 Å². The maximum Gasteiger partial charge on any atom is 0.223 e. The number of aromatic nitrogens is 2. The average molecular weight is 345 g/mol. The summed E-state index contributed by atoms with van der Waals surface area (Å²) in [5.74, 6) is 0.269. The monoisotopic (exact) mass is 345 g/mol. The Balaban J connectivity index is 1.53. The lowest BCUT2D eigenvalue weighted by molar-refractivity contribution is -0.132. The largest absolute Gasteiger partial charge is 0.340 e. The van der Waals surface area contributed by atoms with Gasteiger partial charge < -0.3 is 9.80 Å². The molecule has 1 amide bonds. The number of fused-ring (bicyclic) bond motifs is 1. The third-order valence-corrected chi connectivity index (χ3v) is 5.19. The van der Waals surface area contributed by atoms with E-state index in [0.717, 1.165) is 70.9 Å². The molecule has 1 saturated heterocycles. The van der Waals surface area contributed by atoms with E-state index >= 15 is 0 Å². The number of carbonyl (C=O) groups excluding carboxylic acids is 1. The van der Waals surface area contributed by atoms with E-state index in [1.54, 1.807) is 0 Å². The van der Waals surface area contributed by atoms with Gasteiger partial charge in [-0.05, 0) is 26.5 Å². The van der Waals surface area contributed by atoms with Crippen LogP contribution in [0.15, 0.2) is 18.2 Å². The summed E-state index contributed by atoms with van der Waals surface area (Å²) in [6.07, 6.45) is 6.77. The molecule has 25 heavy (non-hydrogen) atoms. The molecule has 2 aliphatic rings. The van der Waals surface area contributed by atoms with Crippen molar-refractivity contribution in [1.82, 2.24) is 24.5 Å². The summed E-state index contributed by atoms with van der Waals surface area (Å²) < 4.78 is 2.14. The van der Waals surface area contributed by atoms with Crippen molar-refractivity contribution in [2.75, 3.05) is 46.3 Å². The van der Waals surface area contributed by atoms with Crippen molar-refractivity contribution in [3.05, 3.63) is 29.6 Å². The Labute approximate surface area is 151 Å². The predicted molar refractivity (Wildman–Crippen MR) is 99.3 cm³/mol. The van der Waals surface area contributed by atoms with E-state index in [-0.39, 0.29) is 5.91 Å². The summed E-state index contributed by atoms with van der Waals surface area (Å²) in [5, 5.41) is 4.75. The van der Waals surface area contributed by atoms with Gasteiger partial charge in [-0.15, -0.1) is 0 Å². The minimum Gasteiger partial charge on any atom is -0.340 e. The number of nitrogens with zero attached hydrogens (tertiary/aromatic N) is 5. The highest BCUT2D eigenvalue weighted by Crippen LogP contribution is 2.15. The van der Waals surface area contributed by atoms with E-state index in [2.05, 4.69) is 46.7 Å². The molecule has 0 radical (unpaired) electrons. The zero-order chi connectivity index (χ0) is 17.6. The second kappa shape index (κ2) is 8.63. The van der Waals surface area contributed by atoms with Crippen molar-refractivity contribution in [2.45, 2.75) is 39.3 Å². The van der Waals surface area contributed by atoms with Gasteiger partial charge in [0.1, 0.15) is 0 Å². The SMILES string of the molecule is CC=CCN1CCCn2nc(CCC(=O)N3CCN(C)CC3)cc2C1. The first kappa shape index (κ1) is 18.1. The Morgan fingerprint density at radius 2 is 2.00 bits per heavy atom. The van der Waals surface area contributed by atoms with Crippen LogP contribution in [-0.4, -0.2) is 76.7 Å². The molecule has 2 aliphatic heterocycles. The Kier molecular flexibility index (Phi) is 6.26. The van der Waals surface area contributed by atoms with E-state index in [1.165, 1.54) is 5.69 Å². The molecule has 6 nitrogen and oxygen atoms in total. The molecule has 0 aromatic carbocycles. The molecule has 1 fully saturated rings. The van der Waals surface area contributed by atoms with Gasteiger partial charge in [-0.3, -0.25) is 14.4 Å². The van der Waals surface area contributed by atoms with Gasteiger partial charge >= 0.3 is 0 Å². The molecule has 138 valence electrons. The zero-order valence-electron chi connectivity index (χ0n) is 15.7. The molecule has 0 atom stereocenters. The first-order valence-electron chi connectivity index (χ1n) is 9.51. The van der Waals surface area contributed by atoms with Crippen LogP contribution in [0.5, 0.6) is 0 Å². The number of aryl methyl sites for hydroxylation is 2. The quantitative estimate of drug-likeness (QED) is 0.756. The normalized spacial score (nSPS) is 20.0. The summed E-state index contributed by atoms with van der Waals surface area (Å²) >= 11 is 0. The van der Waals surface area contributed by atoms with Gasteiger partial charge in [-0.2, -0.15) is 5.10 Å². The molecule has 0 bridgehead atoms. The van der Waals surface area contributed by atoms with Gasteiger partial charge in [0.15, 0.2) is 0 Å². The molecule has 6 heteroatoms. The van der Waals surface area contributed by atoms with Gasteiger partial charge in [-0.25, -0.2) is 0 Å². The summed E-state index contributed by atoms with van der Waals surface area (Å²) in [4.78, 5) is 19.1. The lowest BCUT2D eigenvalue weighted by Gasteiger charge is -2.32. The lowest BCUT2D eigenvalue weighted by Crippen LogP contribution is -2.47. The van der Waals surface area contributed by atoms with Crippen LogP contribution in [0.4, 0.5) is 0 Å². The number of hydrogen-bond donors (Lipinski definition) is 0. The van der Waals surface area contributed by atoms with Crippen LogP contribution in [0.3, 0.4) is 0 Å². The number of amides is 1. The molecule has 1 aromatic heterocycles. The highest BCUT2D eigenvalue weighted by atomic mass is 16.2. The van der Waals surface area contributed by atoms with Gasteiger partial charge in [-0.1, -0.05) is 12.2 Å². The number of piperazine rings is 1. The van der Waals surface area contributed by atoms with Gasteiger partial charge in [0.2, 0.25) is 5.91 Å². The Morgan fingerprint density at radius 1 is 1.20 bits per heavy atom. The van der Waals surface area contributed by atoms with E-state index in [9.17, 15) is 4.79 Å². The third-order valence-electron chi connectivity index (χ3n) is 5.19. The van der Waals surface area contributed by atoms with Gasteiger partial charge in [0, 0.05) is 65.2 Å². The summed E-state index contributed by atoms with van der Waals surface area (Å²) in [6, 6.07) is 2.20. The smallest absolute Gasteiger partial charge is 0.223 e. The van der Waals surface area contributed by atoms with Crippen molar-refractivity contribution < 1.29 is 4.79 Å². The number of rotatable bonds is 5. The van der Waals surface area contributed by atoms with Crippen molar-refractivity contribution in [3.8, 4) is 0 Å². The maximum absolute atomic E-state index is 12.4. The standard InChI is InChI=1S/C19H31N5O/c1-3-4-8-22-9-5-10-24-18(16-22)15-17(20-24)6-7-19(25)23-13-11-21(2)12-14-23/h3-4,15H,5-14,16H2,1-2H3. The molecule has 0 N–H and O–H groups in total. The lowest BCUT2D eigenvalue weighted by atomic mass is 10.2. The van der Waals surface area contributed by atoms with Crippen LogP contribution in [0.2, 0.25) is 0 Å². The van der Waals surface area contributed by atoms with Crippen molar-refractivity contribution in [1.29, 1.82) is 0 Å². The molecule has 3 heterocycles. The number of likely N-dealkylation sites (N-methyl/N-ethyl adjacent to an activating group) is 1. The minimum atomic E-state index is 0.269. The highest BCUT2D eigenvalue weighted by Gasteiger charge is 2.20.